The standard InChI is InChI=1S/C22H21N5O4S/c1-15-5-2-3-6-19(15)27-14-16(13-20(27)28)21(29)25-17-7-9-18(10-8-17)32(30,31)26-22-23-11-4-12-24-22/h2-12,16H,13-14H2,1H3,(H,25,29)(H,23,24,26)/t16-/m0/s1. The first-order valence-corrected chi connectivity index (χ1v) is 11.4. The number of hydrogen-bond acceptors (Lipinski definition) is 6. The molecule has 32 heavy (non-hydrogen) atoms. The fraction of sp³-hybridized carbons (Fsp3) is 0.182. The van der Waals surface area contributed by atoms with Gasteiger partial charge in [-0.15, -0.1) is 0 Å². The Labute approximate surface area is 185 Å². The lowest BCUT2D eigenvalue weighted by molar-refractivity contribution is -0.122. The van der Waals surface area contributed by atoms with Crippen molar-refractivity contribution >= 4 is 39.2 Å². The molecule has 2 aromatic carbocycles. The number of benzene rings is 2. The molecule has 2 amide bonds. The van der Waals surface area contributed by atoms with Crippen molar-refractivity contribution in [2.45, 2.75) is 18.2 Å². The maximum Gasteiger partial charge on any atom is 0.264 e. The van der Waals surface area contributed by atoms with Crippen LogP contribution in [-0.4, -0.2) is 36.7 Å². The van der Waals surface area contributed by atoms with E-state index in [9.17, 15) is 18.0 Å². The summed E-state index contributed by atoms with van der Waals surface area (Å²) in [6.45, 7) is 2.22. The third-order valence-corrected chi connectivity index (χ3v) is 6.47. The number of carbonyl (C=O) groups is 2. The van der Waals surface area contributed by atoms with Crippen molar-refractivity contribution in [3.05, 3.63) is 72.6 Å². The van der Waals surface area contributed by atoms with Gasteiger partial charge in [-0.25, -0.2) is 23.1 Å². The number of rotatable bonds is 6. The third kappa shape index (κ3) is 4.59. The first-order chi connectivity index (χ1) is 15.3. The number of nitrogens with one attached hydrogen (secondary N) is 2. The second kappa shape index (κ2) is 8.75. The van der Waals surface area contributed by atoms with Crippen molar-refractivity contribution < 1.29 is 18.0 Å². The lowest BCUT2D eigenvalue weighted by Gasteiger charge is -2.19. The van der Waals surface area contributed by atoms with Crippen LogP contribution in [-0.2, 0) is 19.6 Å². The van der Waals surface area contributed by atoms with E-state index in [1.807, 2.05) is 31.2 Å². The van der Waals surface area contributed by atoms with Crippen LogP contribution in [0.2, 0.25) is 0 Å². The van der Waals surface area contributed by atoms with E-state index in [2.05, 4.69) is 20.0 Å². The van der Waals surface area contributed by atoms with Gasteiger partial charge in [-0.3, -0.25) is 9.59 Å². The molecule has 1 fully saturated rings. The summed E-state index contributed by atoms with van der Waals surface area (Å²) in [6.07, 6.45) is 2.97. The SMILES string of the molecule is Cc1ccccc1N1C[C@@H](C(=O)Nc2ccc(S(=O)(=O)Nc3ncccn3)cc2)CC1=O. The van der Waals surface area contributed by atoms with Gasteiger partial charge in [-0.1, -0.05) is 18.2 Å². The Morgan fingerprint density at radius 1 is 1.03 bits per heavy atom. The van der Waals surface area contributed by atoms with E-state index in [1.54, 1.807) is 11.0 Å². The summed E-state index contributed by atoms with van der Waals surface area (Å²) >= 11 is 0. The highest BCUT2D eigenvalue weighted by atomic mass is 32.2. The van der Waals surface area contributed by atoms with Gasteiger partial charge in [0.2, 0.25) is 17.8 Å². The number of aromatic nitrogens is 2. The summed E-state index contributed by atoms with van der Waals surface area (Å²) in [7, 11) is -3.86. The molecule has 3 aromatic rings. The van der Waals surface area contributed by atoms with Gasteiger partial charge in [0, 0.05) is 36.7 Å². The van der Waals surface area contributed by atoms with Crippen molar-refractivity contribution in [1.82, 2.24) is 9.97 Å². The number of carbonyl (C=O) groups excluding carboxylic acids is 2. The molecule has 0 aliphatic carbocycles. The molecule has 0 spiro atoms. The van der Waals surface area contributed by atoms with Crippen LogP contribution < -0.4 is 14.9 Å². The number of hydrogen-bond donors (Lipinski definition) is 2. The smallest absolute Gasteiger partial charge is 0.264 e. The van der Waals surface area contributed by atoms with Crippen LogP contribution in [0.25, 0.3) is 0 Å². The van der Waals surface area contributed by atoms with Crippen LogP contribution in [0, 0.1) is 12.8 Å². The first-order valence-electron chi connectivity index (χ1n) is 9.90. The van der Waals surface area contributed by atoms with Gasteiger partial charge in [-0.2, -0.15) is 0 Å². The van der Waals surface area contributed by atoms with Crippen LogP contribution in [0.5, 0.6) is 0 Å². The lowest BCUT2D eigenvalue weighted by atomic mass is 10.1. The molecule has 0 saturated carbocycles. The maximum atomic E-state index is 12.7. The molecular weight excluding hydrogens is 430 g/mol. The molecule has 0 unspecified atom stereocenters. The van der Waals surface area contributed by atoms with Crippen molar-refractivity contribution in [1.29, 1.82) is 0 Å². The summed E-state index contributed by atoms with van der Waals surface area (Å²) in [4.78, 5) is 34.5. The Kier molecular flexibility index (Phi) is 5.87. The molecule has 1 saturated heterocycles. The van der Waals surface area contributed by atoms with Crippen LogP contribution in [0.15, 0.2) is 71.9 Å². The zero-order valence-corrected chi connectivity index (χ0v) is 18.0. The van der Waals surface area contributed by atoms with E-state index in [-0.39, 0.29) is 29.1 Å². The number of anilines is 3. The molecule has 0 radical (unpaired) electrons. The molecule has 2 N–H and O–H groups in total. The Morgan fingerprint density at radius 2 is 1.72 bits per heavy atom. The van der Waals surface area contributed by atoms with E-state index in [0.29, 0.717) is 12.2 Å². The summed E-state index contributed by atoms with van der Waals surface area (Å²) < 4.78 is 27.2. The first kappa shape index (κ1) is 21.4. The van der Waals surface area contributed by atoms with E-state index < -0.39 is 15.9 Å². The predicted octanol–water partition coefficient (Wildman–Crippen LogP) is 2.58. The Hall–Kier alpha value is -3.79. The molecule has 10 heteroatoms. The number of amides is 2. The fourth-order valence-corrected chi connectivity index (χ4v) is 4.43. The molecule has 1 aliphatic heterocycles. The molecule has 4 rings (SSSR count). The molecule has 1 aliphatic rings. The van der Waals surface area contributed by atoms with Gasteiger partial charge in [0.25, 0.3) is 10.0 Å². The van der Waals surface area contributed by atoms with Crippen molar-refractivity contribution in [3.63, 3.8) is 0 Å². The molecule has 9 nitrogen and oxygen atoms in total. The number of aryl methyl sites for hydroxylation is 1. The topological polar surface area (TPSA) is 121 Å². The predicted molar refractivity (Wildman–Crippen MR) is 120 cm³/mol. The molecule has 2 heterocycles. The largest absolute Gasteiger partial charge is 0.326 e. The van der Waals surface area contributed by atoms with E-state index in [4.69, 9.17) is 0 Å². The fourth-order valence-electron chi connectivity index (χ4n) is 3.47. The average molecular weight is 452 g/mol. The molecule has 164 valence electrons. The summed E-state index contributed by atoms with van der Waals surface area (Å²) in [5, 5.41) is 2.76. The van der Waals surface area contributed by atoms with Crippen LogP contribution in [0.1, 0.15) is 12.0 Å². The zero-order chi connectivity index (χ0) is 22.7. The lowest BCUT2D eigenvalue weighted by Crippen LogP contribution is -2.28. The second-order valence-electron chi connectivity index (χ2n) is 7.38. The average Bonchev–Trinajstić information content (AvgIpc) is 3.16. The Morgan fingerprint density at radius 3 is 2.41 bits per heavy atom. The summed E-state index contributed by atoms with van der Waals surface area (Å²) in [5.41, 5.74) is 2.21. The Bertz CT molecular complexity index is 1250. The highest BCUT2D eigenvalue weighted by Crippen LogP contribution is 2.28. The van der Waals surface area contributed by atoms with E-state index in [1.165, 1.54) is 36.7 Å². The third-order valence-electron chi connectivity index (χ3n) is 5.13. The summed E-state index contributed by atoms with van der Waals surface area (Å²) in [5.74, 6) is -0.924. The normalized spacial score (nSPS) is 16.1. The van der Waals surface area contributed by atoms with Crippen molar-refractivity contribution in [3.8, 4) is 0 Å². The van der Waals surface area contributed by atoms with Gasteiger partial charge < -0.3 is 10.2 Å². The molecule has 1 atom stereocenters. The number of nitrogens with zero attached hydrogens (tertiary/aromatic N) is 3. The maximum absolute atomic E-state index is 12.7. The minimum atomic E-state index is -3.86. The van der Waals surface area contributed by atoms with Crippen molar-refractivity contribution in [2.75, 3.05) is 21.5 Å². The van der Waals surface area contributed by atoms with Crippen LogP contribution >= 0.6 is 0 Å². The Balaban J connectivity index is 1.41. The van der Waals surface area contributed by atoms with Gasteiger partial charge in [-0.05, 0) is 48.9 Å². The van der Waals surface area contributed by atoms with E-state index in [0.717, 1.165) is 11.3 Å². The van der Waals surface area contributed by atoms with Gasteiger partial charge in [0.1, 0.15) is 0 Å². The van der Waals surface area contributed by atoms with Crippen molar-refractivity contribution in [2.24, 2.45) is 5.92 Å². The second-order valence-corrected chi connectivity index (χ2v) is 9.07. The highest BCUT2D eigenvalue weighted by molar-refractivity contribution is 7.92. The quantitative estimate of drug-likeness (QED) is 0.594. The summed E-state index contributed by atoms with van der Waals surface area (Å²) in [6, 6.07) is 14.9. The van der Waals surface area contributed by atoms with E-state index >= 15 is 0 Å². The minimum absolute atomic E-state index is 0.00437. The van der Waals surface area contributed by atoms with Gasteiger partial charge in [0.05, 0.1) is 10.8 Å². The van der Waals surface area contributed by atoms with Gasteiger partial charge >= 0.3 is 0 Å². The van der Waals surface area contributed by atoms with Crippen LogP contribution in [0.4, 0.5) is 17.3 Å². The molecular formula is C22H21N5O4S. The molecule has 0 bridgehead atoms. The number of sulfonamides is 1. The zero-order valence-electron chi connectivity index (χ0n) is 17.2. The monoisotopic (exact) mass is 451 g/mol. The molecule has 1 aromatic heterocycles. The minimum Gasteiger partial charge on any atom is -0.326 e. The van der Waals surface area contributed by atoms with Gasteiger partial charge in [0.15, 0.2) is 0 Å². The number of para-hydroxylation sites is 1. The van der Waals surface area contributed by atoms with Crippen LogP contribution in [0.3, 0.4) is 0 Å². The highest BCUT2D eigenvalue weighted by Gasteiger charge is 2.35.